The maximum Gasteiger partial charge on any atom is 0.279 e. The fourth-order valence-corrected chi connectivity index (χ4v) is 4.23. The number of benzene rings is 2. The number of fused-ring (bicyclic) bond motifs is 1. The van der Waals surface area contributed by atoms with Gasteiger partial charge in [0, 0.05) is 10.6 Å². The molecular formula is C21H19ClN2O4S. The van der Waals surface area contributed by atoms with Crippen LogP contribution < -0.4 is 19.0 Å². The molecule has 3 aromatic rings. The fraction of sp³-hybridized carbons (Fsp3) is 0.238. The predicted molar refractivity (Wildman–Crippen MR) is 114 cm³/mol. The van der Waals surface area contributed by atoms with E-state index in [0.717, 1.165) is 15.8 Å². The van der Waals surface area contributed by atoms with Crippen LogP contribution >= 0.6 is 22.9 Å². The largest absolute Gasteiger partial charge is 0.493 e. The first-order valence-corrected chi connectivity index (χ1v) is 9.75. The number of terminal acetylenes is 1. The molecule has 150 valence electrons. The van der Waals surface area contributed by atoms with E-state index in [2.05, 4.69) is 10.9 Å². The molecule has 1 heterocycles. The average Bonchev–Trinajstić information content (AvgIpc) is 3.07. The number of hydrogen-bond acceptors (Lipinski definition) is 5. The number of amides is 1. The number of thiazole rings is 1. The predicted octanol–water partition coefficient (Wildman–Crippen LogP) is 4.06. The highest BCUT2D eigenvalue weighted by Gasteiger charge is 2.18. The van der Waals surface area contributed by atoms with Crippen molar-refractivity contribution in [3.05, 3.63) is 45.2 Å². The Labute approximate surface area is 177 Å². The number of methoxy groups -OCH3 is 3. The number of halogens is 1. The highest BCUT2D eigenvalue weighted by molar-refractivity contribution is 7.16. The number of ether oxygens (including phenoxy) is 3. The van der Waals surface area contributed by atoms with Gasteiger partial charge in [-0.25, -0.2) is 0 Å². The molecule has 29 heavy (non-hydrogen) atoms. The maximum absolute atomic E-state index is 12.9. The van der Waals surface area contributed by atoms with Crippen LogP contribution in [0.2, 0.25) is 5.02 Å². The molecule has 0 aliphatic heterocycles. The molecule has 1 aromatic heterocycles. The molecule has 0 bridgehead atoms. The quantitative estimate of drug-likeness (QED) is 0.572. The number of carbonyl (C=O) groups excluding carboxylic acids is 1. The zero-order valence-corrected chi connectivity index (χ0v) is 18.0. The van der Waals surface area contributed by atoms with Crippen LogP contribution in [0.1, 0.15) is 15.9 Å². The fourth-order valence-electron chi connectivity index (χ4n) is 2.99. The molecular weight excluding hydrogens is 412 g/mol. The third-order valence-corrected chi connectivity index (χ3v) is 5.84. The second-order valence-electron chi connectivity index (χ2n) is 6.03. The van der Waals surface area contributed by atoms with Crippen LogP contribution in [0.25, 0.3) is 10.2 Å². The van der Waals surface area contributed by atoms with Crippen molar-refractivity contribution >= 4 is 39.1 Å². The Morgan fingerprint density at radius 3 is 2.41 bits per heavy atom. The Kier molecular flexibility index (Phi) is 6.16. The lowest BCUT2D eigenvalue weighted by molar-refractivity contribution is 0.0997. The van der Waals surface area contributed by atoms with Gasteiger partial charge in [0.05, 0.1) is 38.1 Å². The first kappa shape index (κ1) is 20.8. The Bertz CT molecular complexity index is 1180. The van der Waals surface area contributed by atoms with Gasteiger partial charge in [-0.15, -0.1) is 6.42 Å². The van der Waals surface area contributed by atoms with E-state index in [0.29, 0.717) is 32.6 Å². The van der Waals surface area contributed by atoms with E-state index in [1.54, 1.807) is 12.1 Å². The first-order chi connectivity index (χ1) is 13.9. The van der Waals surface area contributed by atoms with Crippen LogP contribution in [-0.4, -0.2) is 31.8 Å². The molecule has 6 nitrogen and oxygen atoms in total. The Hall–Kier alpha value is -2.95. The lowest BCUT2D eigenvalue weighted by atomic mass is 10.1. The lowest BCUT2D eigenvalue weighted by Crippen LogP contribution is -2.17. The topological polar surface area (TPSA) is 62.1 Å². The van der Waals surface area contributed by atoms with Crippen molar-refractivity contribution in [2.75, 3.05) is 21.3 Å². The van der Waals surface area contributed by atoms with Crippen molar-refractivity contribution in [1.82, 2.24) is 4.57 Å². The van der Waals surface area contributed by atoms with Crippen molar-refractivity contribution in [1.29, 1.82) is 0 Å². The Balaban J connectivity index is 2.20. The second kappa shape index (κ2) is 8.60. The van der Waals surface area contributed by atoms with Crippen LogP contribution in [0.4, 0.5) is 0 Å². The Morgan fingerprint density at radius 1 is 1.21 bits per heavy atom. The third-order valence-electron chi connectivity index (χ3n) is 4.39. The first-order valence-electron chi connectivity index (χ1n) is 8.56. The van der Waals surface area contributed by atoms with Crippen LogP contribution in [0.5, 0.6) is 17.2 Å². The van der Waals surface area contributed by atoms with E-state index in [1.165, 1.54) is 32.7 Å². The zero-order chi connectivity index (χ0) is 21.1. The number of nitrogens with zero attached hydrogens (tertiary/aromatic N) is 2. The van der Waals surface area contributed by atoms with Crippen LogP contribution in [0.3, 0.4) is 0 Å². The molecule has 0 atom stereocenters. The summed E-state index contributed by atoms with van der Waals surface area (Å²) in [6.07, 6.45) is 5.54. The SMILES string of the molecule is C#CCn1c(=NC(=O)c2cc(OC)c(OC)c(OC)c2)sc2ccc(Cl)c(C)c21. The zero-order valence-electron chi connectivity index (χ0n) is 16.4. The number of rotatable bonds is 5. The van der Waals surface area contributed by atoms with Crippen molar-refractivity contribution in [3.63, 3.8) is 0 Å². The van der Waals surface area contributed by atoms with Gasteiger partial charge >= 0.3 is 0 Å². The number of aromatic nitrogens is 1. The van der Waals surface area contributed by atoms with Crippen molar-refractivity contribution in [2.24, 2.45) is 4.99 Å². The summed E-state index contributed by atoms with van der Waals surface area (Å²) < 4.78 is 18.7. The van der Waals surface area contributed by atoms with Gasteiger partial charge in [-0.1, -0.05) is 28.9 Å². The van der Waals surface area contributed by atoms with Crippen molar-refractivity contribution in [2.45, 2.75) is 13.5 Å². The van der Waals surface area contributed by atoms with Gasteiger partial charge in [-0.05, 0) is 36.8 Å². The summed E-state index contributed by atoms with van der Waals surface area (Å²) in [5.74, 6) is 3.31. The van der Waals surface area contributed by atoms with E-state index in [9.17, 15) is 4.79 Å². The van der Waals surface area contributed by atoms with Crippen LogP contribution in [0, 0.1) is 19.3 Å². The minimum atomic E-state index is -0.453. The highest BCUT2D eigenvalue weighted by Crippen LogP contribution is 2.38. The molecule has 0 saturated carbocycles. The summed E-state index contributed by atoms with van der Waals surface area (Å²) in [5, 5.41) is 0.628. The van der Waals surface area contributed by atoms with Crippen LogP contribution in [-0.2, 0) is 6.54 Å². The standard InChI is InChI=1S/C21H19ClN2O4S/c1-6-9-24-18-12(2)14(22)7-8-17(18)29-21(24)23-20(25)13-10-15(26-3)19(28-5)16(11-13)27-4/h1,7-8,10-11H,9H2,2-5H3. The summed E-state index contributed by atoms with van der Waals surface area (Å²) in [6, 6.07) is 6.84. The molecule has 1 amide bonds. The molecule has 2 aromatic carbocycles. The van der Waals surface area contributed by atoms with Gasteiger partial charge in [0.25, 0.3) is 5.91 Å². The summed E-state index contributed by atoms with van der Waals surface area (Å²) in [4.78, 5) is 17.7. The van der Waals surface area contributed by atoms with E-state index in [-0.39, 0.29) is 6.54 Å². The van der Waals surface area contributed by atoms with E-state index < -0.39 is 5.91 Å². The molecule has 0 saturated heterocycles. The minimum absolute atomic E-state index is 0.266. The highest BCUT2D eigenvalue weighted by atomic mass is 35.5. The van der Waals surface area contributed by atoms with E-state index in [1.807, 2.05) is 23.6 Å². The van der Waals surface area contributed by atoms with Gasteiger partial charge < -0.3 is 18.8 Å². The monoisotopic (exact) mass is 430 g/mol. The second-order valence-corrected chi connectivity index (χ2v) is 7.44. The van der Waals surface area contributed by atoms with Crippen molar-refractivity contribution in [3.8, 4) is 29.6 Å². The molecule has 8 heteroatoms. The number of carbonyl (C=O) groups is 1. The Morgan fingerprint density at radius 2 is 1.86 bits per heavy atom. The summed E-state index contributed by atoms with van der Waals surface area (Å²) >= 11 is 7.64. The van der Waals surface area contributed by atoms with Gasteiger partial charge in [0.2, 0.25) is 5.75 Å². The molecule has 3 rings (SSSR count). The third kappa shape index (κ3) is 3.82. The molecule has 0 radical (unpaired) electrons. The molecule has 0 spiro atoms. The molecule has 0 unspecified atom stereocenters. The summed E-state index contributed by atoms with van der Waals surface area (Å²) in [7, 11) is 4.48. The van der Waals surface area contributed by atoms with Gasteiger partial charge in [-0.3, -0.25) is 4.79 Å². The molecule has 0 fully saturated rings. The molecule has 0 N–H and O–H groups in total. The normalized spacial score (nSPS) is 11.4. The van der Waals surface area contributed by atoms with E-state index >= 15 is 0 Å². The average molecular weight is 431 g/mol. The van der Waals surface area contributed by atoms with Gasteiger partial charge in [0.15, 0.2) is 16.3 Å². The maximum atomic E-state index is 12.9. The van der Waals surface area contributed by atoms with Gasteiger partial charge in [0.1, 0.15) is 0 Å². The summed E-state index contributed by atoms with van der Waals surface area (Å²) in [5.41, 5.74) is 2.06. The van der Waals surface area contributed by atoms with Crippen LogP contribution in [0.15, 0.2) is 29.3 Å². The lowest BCUT2D eigenvalue weighted by Gasteiger charge is -2.12. The molecule has 0 aliphatic carbocycles. The molecule has 0 aliphatic rings. The number of hydrogen-bond donors (Lipinski definition) is 0. The van der Waals surface area contributed by atoms with E-state index in [4.69, 9.17) is 32.2 Å². The number of aryl methyl sites for hydroxylation is 1. The van der Waals surface area contributed by atoms with Crippen molar-refractivity contribution < 1.29 is 19.0 Å². The summed E-state index contributed by atoms with van der Waals surface area (Å²) in [6.45, 7) is 2.18. The smallest absolute Gasteiger partial charge is 0.279 e. The van der Waals surface area contributed by atoms with Gasteiger partial charge in [-0.2, -0.15) is 4.99 Å². The minimum Gasteiger partial charge on any atom is -0.493 e.